The molecule has 3 N–H and O–H groups in total. The highest BCUT2D eigenvalue weighted by atomic mass is 32.2. The van der Waals surface area contributed by atoms with Crippen molar-refractivity contribution >= 4 is 45.9 Å². The van der Waals surface area contributed by atoms with E-state index >= 15 is 0 Å². The van der Waals surface area contributed by atoms with E-state index in [1.165, 1.54) is 31.0 Å². The number of aromatic nitrogens is 1. The summed E-state index contributed by atoms with van der Waals surface area (Å²) < 4.78 is 0. The first-order valence-corrected chi connectivity index (χ1v) is 10.3. The van der Waals surface area contributed by atoms with Crippen LogP contribution in [-0.4, -0.2) is 27.8 Å². The van der Waals surface area contributed by atoms with Gasteiger partial charge in [-0.25, -0.2) is 0 Å². The minimum Gasteiger partial charge on any atom is -0.358 e. The molecule has 1 aromatic heterocycles. The van der Waals surface area contributed by atoms with E-state index in [0.717, 1.165) is 22.2 Å². The van der Waals surface area contributed by atoms with E-state index in [0.29, 0.717) is 22.8 Å². The van der Waals surface area contributed by atoms with Crippen LogP contribution in [0.3, 0.4) is 0 Å². The van der Waals surface area contributed by atoms with Crippen LogP contribution in [0.4, 0.5) is 0 Å². The fourth-order valence-corrected chi connectivity index (χ4v) is 4.28. The van der Waals surface area contributed by atoms with Crippen LogP contribution < -0.4 is 16.2 Å². The molecule has 26 heavy (non-hydrogen) atoms. The number of fused-ring (bicyclic) bond motifs is 1. The van der Waals surface area contributed by atoms with Gasteiger partial charge >= 0.3 is 0 Å². The standard InChI is InChI=1S/C19H24N4OS2/c1-13-6-2-3-9-15(13)21-19(25)23-22-17(24)12-26-16-10-4-7-14-8-5-11-20-18(14)16/h4-5,7-8,10-11,13,15H,2-3,6,9,12H2,1H3,(H,22,24)(H2,21,23,25)/t13-,15-/m0/s1. The van der Waals surface area contributed by atoms with Crippen molar-refractivity contribution in [2.24, 2.45) is 5.92 Å². The van der Waals surface area contributed by atoms with Gasteiger partial charge in [0.1, 0.15) is 0 Å². The molecule has 1 aliphatic rings. The van der Waals surface area contributed by atoms with Crippen molar-refractivity contribution in [3.63, 3.8) is 0 Å². The third kappa shape index (κ3) is 5.08. The normalized spacial score (nSPS) is 19.7. The summed E-state index contributed by atoms with van der Waals surface area (Å²) in [5.41, 5.74) is 6.41. The van der Waals surface area contributed by atoms with Crippen LogP contribution in [0.1, 0.15) is 32.6 Å². The van der Waals surface area contributed by atoms with Gasteiger partial charge < -0.3 is 5.32 Å². The maximum atomic E-state index is 12.1. The predicted octanol–water partition coefficient (Wildman–Crippen LogP) is 3.40. The Morgan fingerprint density at radius 1 is 1.23 bits per heavy atom. The van der Waals surface area contributed by atoms with Crippen LogP contribution >= 0.6 is 24.0 Å². The second-order valence-electron chi connectivity index (χ2n) is 6.63. The van der Waals surface area contributed by atoms with Crippen LogP contribution in [0.2, 0.25) is 0 Å². The third-order valence-electron chi connectivity index (χ3n) is 4.70. The number of para-hydroxylation sites is 1. The molecule has 1 fully saturated rings. The quantitative estimate of drug-likeness (QED) is 0.424. The van der Waals surface area contributed by atoms with Crippen LogP contribution in [0.5, 0.6) is 0 Å². The zero-order valence-corrected chi connectivity index (χ0v) is 16.5. The highest BCUT2D eigenvalue weighted by Gasteiger charge is 2.21. The van der Waals surface area contributed by atoms with Gasteiger partial charge in [0, 0.05) is 22.5 Å². The molecule has 0 saturated heterocycles. The number of amides is 1. The lowest BCUT2D eigenvalue weighted by molar-refractivity contribution is -0.119. The second-order valence-corrected chi connectivity index (χ2v) is 8.06. The van der Waals surface area contributed by atoms with Gasteiger partial charge in [0.25, 0.3) is 0 Å². The Hall–Kier alpha value is -1.86. The molecule has 138 valence electrons. The minimum absolute atomic E-state index is 0.122. The molecule has 0 radical (unpaired) electrons. The summed E-state index contributed by atoms with van der Waals surface area (Å²) >= 11 is 6.76. The van der Waals surface area contributed by atoms with Gasteiger partial charge in [0.05, 0.1) is 11.3 Å². The number of nitrogens with one attached hydrogen (secondary N) is 3. The van der Waals surface area contributed by atoms with E-state index in [1.54, 1.807) is 6.20 Å². The summed E-state index contributed by atoms with van der Waals surface area (Å²) in [5, 5.41) is 4.86. The number of carbonyl (C=O) groups is 1. The van der Waals surface area contributed by atoms with Gasteiger partial charge in [-0.05, 0) is 43.1 Å². The van der Waals surface area contributed by atoms with E-state index < -0.39 is 0 Å². The SMILES string of the molecule is C[C@H]1CCCC[C@@H]1NC(=S)NNC(=O)CSc1cccc2cccnc12. The molecule has 0 unspecified atom stereocenters. The van der Waals surface area contributed by atoms with Crippen molar-refractivity contribution in [1.82, 2.24) is 21.2 Å². The number of nitrogens with zero attached hydrogens (tertiary/aromatic N) is 1. The molecule has 1 aliphatic carbocycles. The summed E-state index contributed by atoms with van der Waals surface area (Å²) in [4.78, 5) is 17.5. The summed E-state index contributed by atoms with van der Waals surface area (Å²) in [5.74, 6) is 0.780. The number of carbonyl (C=O) groups excluding carboxylic acids is 1. The number of hydrazine groups is 1. The Kier molecular flexibility index (Phi) is 6.68. The van der Waals surface area contributed by atoms with Crippen molar-refractivity contribution in [2.45, 2.75) is 43.5 Å². The first kappa shape index (κ1) is 18.9. The van der Waals surface area contributed by atoms with E-state index in [9.17, 15) is 4.79 Å². The largest absolute Gasteiger partial charge is 0.358 e. The molecule has 0 aliphatic heterocycles. The maximum Gasteiger partial charge on any atom is 0.248 e. The van der Waals surface area contributed by atoms with Gasteiger partial charge in [-0.1, -0.05) is 38.0 Å². The van der Waals surface area contributed by atoms with Crippen LogP contribution in [-0.2, 0) is 4.79 Å². The van der Waals surface area contributed by atoms with Crippen molar-refractivity contribution in [3.05, 3.63) is 36.5 Å². The third-order valence-corrected chi connectivity index (χ3v) is 5.96. The van der Waals surface area contributed by atoms with Gasteiger partial charge in [-0.3, -0.25) is 20.6 Å². The number of thiocarbonyl (C=S) groups is 1. The summed E-state index contributed by atoms with van der Waals surface area (Å²) in [7, 11) is 0. The molecule has 7 heteroatoms. The number of benzene rings is 1. The number of thioether (sulfide) groups is 1. The van der Waals surface area contributed by atoms with E-state index in [-0.39, 0.29) is 5.91 Å². The maximum absolute atomic E-state index is 12.1. The molecule has 0 spiro atoms. The molecular formula is C19H24N4OS2. The Bertz CT molecular complexity index is 778. The van der Waals surface area contributed by atoms with Gasteiger partial charge in [-0.15, -0.1) is 11.8 Å². The van der Waals surface area contributed by atoms with Crippen LogP contribution in [0, 0.1) is 5.92 Å². The zero-order chi connectivity index (χ0) is 18.4. The molecule has 0 bridgehead atoms. The Morgan fingerprint density at radius 3 is 2.88 bits per heavy atom. The van der Waals surface area contributed by atoms with E-state index in [2.05, 4.69) is 28.1 Å². The Balaban J connectivity index is 1.44. The van der Waals surface area contributed by atoms with Crippen molar-refractivity contribution in [2.75, 3.05) is 5.75 Å². The lowest BCUT2D eigenvalue weighted by Crippen LogP contribution is -2.52. The first-order valence-electron chi connectivity index (χ1n) is 8.95. The molecule has 5 nitrogen and oxygen atoms in total. The second kappa shape index (κ2) is 9.19. The molecule has 2 aromatic rings. The van der Waals surface area contributed by atoms with Crippen LogP contribution in [0.25, 0.3) is 10.9 Å². The molecule has 1 saturated carbocycles. The molecule has 3 rings (SSSR count). The molecule has 1 heterocycles. The van der Waals surface area contributed by atoms with Gasteiger partial charge in [0.2, 0.25) is 5.91 Å². The highest BCUT2D eigenvalue weighted by molar-refractivity contribution is 8.00. The van der Waals surface area contributed by atoms with Crippen molar-refractivity contribution in [3.8, 4) is 0 Å². The average Bonchev–Trinajstić information content (AvgIpc) is 2.66. The van der Waals surface area contributed by atoms with E-state index in [4.69, 9.17) is 12.2 Å². The number of hydrogen-bond donors (Lipinski definition) is 3. The van der Waals surface area contributed by atoms with Gasteiger partial charge in [0.15, 0.2) is 5.11 Å². The predicted molar refractivity (Wildman–Crippen MR) is 111 cm³/mol. The Morgan fingerprint density at radius 2 is 2.04 bits per heavy atom. The monoisotopic (exact) mass is 388 g/mol. The fourth-order valence-electron chi connectivity index (χ4n) is 3.23. The van der Waals surface area contributed by atoms with Crippen molar-refractivity contribution in [1.29, 1.82) is 0 Å². The number of pyridine rings is 1. The highest BCUT2D eigenvalue weighted by Crippen LogP contribution is 2.26. The number of hydrogen-bond acceptors (Lipinski definition) is 4. The average molecular weight is 389 g/mol. The van der Waals surface area contributed by atoms with Gasteiger partial charge in [-0.2, -0.15) is 0 Å². The number of rotatable bonds is 4. The lowest BCUT2D eigenvalue weighted by atomic mass is 9.86. The molecule has 2 atom stereocenters. The minimum atomic E-state index is -0.122. The smallest absolute Gasteiger partial charge is 0.248 e. The fraction of sp³-hybridized carbons (Fsp3) is 0.421. The molecular weight excluding hydrogens is 364 g/mol. The Labute approximate surface area is 163 Å². The zero-order valence-electron chi connectivity index (χ0n) is 14.8. The molecule has 1 aromatic carbocycles. The molecule has 1 amide bonds. The van der Waals surface area contributed by atoms with Crippen molar-refractivity contribution < 1.29 is 4.79 Å². The summed E-state index contributed by atoms with van der Waals surface area (Å²) in [6, 6.07) is 10.3. The summed E-state index contributed by atoms with van der Waals surface area (Å²) in [6.45, 7) is 2.24. The topological polar surface area (TPSA) is 66.0 Å². The van der Waals surface area contributed by atoms with Crippen LogP contribution in [0.15, 0.2) is 41.4 Å². The summed E-state index contributed by atoms with van der Waals surface area (Å²) in [6.07, 6.45) is 6.64. The first-order chi connectivity index (χ1) is 12.6. The lowest BCUT2D eigenvalue weighted by Gasteiger charge is -2.30. The van der Waals surface area contributed by atoms with E-state index in [1.807, 2.05) is 30.3 Å².